The average Bonchev–Trinajstić information content (AvgIpc) is 2.59. The van der Waals surface area contributed by atoms with Gasteiger partial charge in [-0.15, -0.1) is 0 Å². The number of nitrogens with zero attached hydrogens (tertiary/aromatic N) is 2. The maximum absolute atomic E-state index is 13.8. The van der Waals surface area contributed by atoms with Gasteiger partial charge in [-0.1, -0.05) is 15.9 Å². The van der Waals surface area contributed by atoms with Crippen LogP contribution in [0, 0.1) is 12.7 Å². The molecule has 1 aromatic heterocycles. The Balaban J connectivity index is 2.30. The molecule has 3 nitrogen and oxygen atoms in total. The van der Waals surface area contributed by atoms with Crippen LogP contribution in [0.5, 0.6) is 0 Å². The third kappa shape index (κ3) is 3.07. The van der Waals surface area contributed by atoms with Gasteiger partial charge in [0.25, 0.3) is 0 Å². The van der Waals surface area contributed by atoms with Gasteiger partial charge in [0, 0.05) is 29.5 Å². The highest BCUT2D eigenvalue weighted by atomic mass is 79.9. The van der Waals surface area contributed by atoms with Gasteiger partial charge in [0.1, 0.15) is 5.82 Å². The van der Waals surface area contributed by atoms with Crippen molar-refractivity contribution in [3.8, 4) is 0 Å². The molecule has 0 amide bonds. The van der Waals surface area contributed by atoms with Crippen LogP contribution in [-0.4, -0.2) is 9.78 Å². The number of hydrogen-bond acceptors (Lipinski definition) is 2. The second kappa shape index (κ2) is 5.73. The van der Waals surface area contributed by atoms with Crippen molar-refractivity contribution < 1.29 is 4.39 Å². The fourth-order valence-electron chi connectivity index (χ4n) is 2.02. The lowest BCUT2D eigenvalue weighted by molar-refractivity contribution is 0.568. The van der Waals surface area contributed by atoms with E-state index in [2.05, 4.69) is 37.0 Å². The van der Waals surface area contributed by atoms with Crippen molar-refractivity contribution in [1.82, 2.24) is 9.78 Å². The lowest BCUT2D eigenvalue weighted by atomic mass is 10.0. The van der Waals surface area contributed by atoms with Gasteiger partial charge in [-0.2, -0.15) is 5.10 Å². The van der Waals surface area contributed by atoms with Crippen LogP contribution in [0.4, 0.5) is 4.39 Å². The van der Waals surface area contributed by atoms with E-state index < -0.39 is 6.04 Å². The van der Waals surface area contributed by atoms with Crippen LogP contribution in [0.1, 0.15) is 23.0 Å². The topological polar surface area (TPSA) is 43.8 Å². The molecule has 0 aliphatic carbocycles. The molecule has 1 heterocycles. The normalized spacial score (nSPS) is 12.7. The van der Waals surface area contributed by atoms with Gasteiger partial charge in [-0.05, 0) is 41.1 Å². The molecule has 0 fully saturated rings. The Morgan fingerprint density at radius 3 is 2.68 bits per heavy atom. The number of benzene rings is 1. The predicted molar refractivity (Wildman–Crippen MR) is 80.4 cm³/mol. The minimum atomic E-state index is -0.413. The highest BCUT2D eigenvalue weighted by Crippen LogP contribution is 2.27. The summed E-state index contributed by atoms with van der Waals surface area (Å²) in [6.07, 6.45) is 0.519. The Morgan fingerprint density at radius 1 is 1.42 bits per heavy atom. The van der Waals surface area contributed by atoms with Crippen LogP contribution in [0.3, 0.4) is 0 Å². The van der Waals surface area contributed by atoms with Crippen molar-refractivity contribution in [1.29, 1.82) is 0 Å². The molecule has 0 bridgehead atoms. The highest BCUT2D eigenvalue weighted by Gasteiger charge is 2.18. The summed E-state index contributed by atoms with van der Waals surface area (Å²) in [7, 11) is 1.86. The maximum atomic E-state index is 13.8. The lowest BCUT2D eigenvalue weighted by Gasteiger charge is -2.14. The summed E-state index contributed by atoms with van der Waals surface area (Å²) in [6.45, 7) is 1.92. The van der Waals surface area contributed by atoms with Crippen molar-refractivity contribution in [2.24, 2.45) is 12.8 Å². The first-order chi connectivity index (χ1) is 8.90. The van der Waals surface area contributed by atoms with Gasteiger partial charge in [-0.3, -0.25) is 4.68 Å². The Labute approximate surface area is 128 Å². The molecule has 1 unspecified atom stereocenters. The van der Waals surface area contributed by atoms with Crippen LogP contribution in [0.25, 0.3) is 0 Å². The molecular weight excluding hydrogens is 377 g/mol. The SMILES string of the molecule is Cc1nn(C)c(CC(N)c2cc(Br)ccc2F)c1Br. The van der Waals surface area contributed by atoms with Gasteiger partial charge in [0.05, 0.1) is 15.9 Å². The molecule has 0 saturated heterocycles. The van der Waals surface area contributed by atoms with Gasteiger partial charge in [-0.25, -0.2) is 4.39 Å². The third-order valence-electron chi connectivity index (χ3n) is 3.03. The van der Waals surface area contributed by atoms with Crippen LogP contribution < -0.4 is 5.73 Å². The van der Waals surface area contributed by atoms with Crippen LogP contribution in [0.15, 0.2) is 27.1 Å². The minimum absolute atomic E-state index is 0.286. The first kappa shape index (κ1) is 14.7. The summed E-state index contributed by atoms with van der Waals surface area (Å²) in [6, 6.07) is 4.39. The van der Waals surface area contributed by atoms with E-state index in [0.29, 0.717) is 12.0 Å². The Bertz CT molecular complexity index is 610. The summed E-state index contributed by atoms with van der Waals surface area (Å²) in [5.74, 6) is -0.286. The first-order valence-corrected chi connectivity index (χ1v) is 7.37. The van der Waals surface area contributed by atoms with E-state index in [1.807, 2.05) is 14.0 Å². The van der Waals surface area contributed by atoms with Crippen molar-refractivity contribution in [3.63, 3.8) is 0 Å². The largest absolute Gasteiger partial charge is 0.324 e. The molecule has 0 spiro atoms. The molecule has 19 heavy (non-hydrogen) atoms. The second-order valence-corrected chi connectivity index (χ2v) is 6.15. The summed E-state index contributed by atoms with van der Waals surface area (Å²) in [5, 5.41) is 4.31. The van der Waals surface area contributed by atoms with E-state index in [-0.39, 0.29) is 5.82 Å². The molecule has 0 saturated carbocycles. The molecule has 2 rings (SSSR count). The molecule has 2 N–H and O–H groups in total. The number of rotatable bonds is 3. The predicted octanol–water partition coefficient (Wildman–Crippen LogP) is 3.64. The van der Waals surface area contributed by atoms with E-state index in [0.717, 1.165) is 20.3 Å². The van der Waals surface area contributed by atoms with Gasteiger partial charge >= 0.3 is 0 Å². The Morgan fingerprint density at radius 2 is 2.11 bits per heavy atom. The molecule has 1 aromatic carbocycles. The molecule has 0 radical (unpaired) electrons. The molecule has 0 aliphatic rings. The summed E-state index contributed by atoms with van der Waals surface area (Å²) < 4.78 is 17.3. The Kier molecular flexibility index (Phi) is 4.43. The number of nitrogens with two attached hydrogens (primary N) is 1. The molecule has 102 valence electrons. The van der Waals surface area contributed by atoms with Crippen LogP contribution in [-0.2, 0) is 13.5 Å². The van der Waals surface area contributed by atoms with Crippen molar-refractivity contribution in [3.05, 3.63) is 49.9 Å². The van der Waals surface area contributed by atoms with Crippen LogP contribution >= 0.6 is 31.9 Å². The smallest absolute Gasteiger partial charge is 0.128 e. The number of halogens is 3. The van der Waals surface area contributed by atoms with Gasteiger partial charge in [0.2, 0.25) is 0 Å². The maximum Gasteiger partial charge on any atom is 0.128 e. The summed E-state index contributed by atoms with van der Waals surface area (Å²) in [4.78, 5) is 0. The monoisotopic (exact) mass is 389 g/mol. The molecule has 6 heteroatoms. The molecule has 1 atom stereocenters. The third-order valence-corrected chi connectivity index (χ3v) is 4.56. The summed E-state index contributed by atoms with van der Waals surface area (Å²) in [5.41, 5.74) is 8.49. The van der Waals surface area contributed by atoms with Gasteiger partial charge in [0.15, 0.2) is 0 Å². The quantitative estimate of drug-likeness (QED) is 0.869. The van der Waals surface area contributed by atoms with E-state index >= 15 is 0 Å². The van der Waals surface area contributed by atoms with Crippen LogP contribution in [0.2, 0.25) is 0 Å². The zero-order valence-electron chi connectivity index (χ0n) is 10.6. The van der Waals surface area contributed by atoms with Crippen molar-refractivity contribution in [2.75, 3.05) is 0 Å². The molecule has 2 aromatic rings. The summed E-state index contributed by atoms with van der Waals surface area (Å²) >= 11 is 6.83. The lowest BCUT2D eigenvalue weighted by Crippen LogP contribution is -2.17. The number of hydrogen-bond donors (Lipinski definition) is 1. The molecule has 0 aliphatic heterocycles. The number of aryl methyl sites for hydroxylation is 2. The standard InChI is InChI=1S/C13H14Br2FN3/c1-7-13(15)12(19(2)18-7)6-11(17)9-5-8(14)3-4-10(9)16/h3-5,11H,6,17H2,1-2H3. The van der Waals surface area contributed by atoms with E-state index in [4.69, 9.17) is 5.73 Å². The minimum Gasteiger partial charge on any atom is -0.324 e. The zero-order chi connectivity index (χ0) is 14.2. The van der Waals surface area contributed by atoms with E-state index in [1.54, 1.807) is 16.8 Å². The van der Waals surface area contributed by atoms with Crippen molar-refractivity contribution in [2.45, 2.75) is 19.4 Å². The fourth-order valence-corrected chi connectivity index (χ4v) is 2.90. The Hall–Kier alpha value is -0.720. The molecular formula is C13H14Br2FN3. The second-order valence-electron chi connectivity index (χ2n) is 4.45. The van der Waals surface area contributed by atoms with Crippen molar-refractivity contribution >= 4 is 31.9 Å². The highest BCUT2D eigenvalue weighted by molar-refractivity contribution is 9.10. The number of aromatic nitrogens is 2. The first-order valence-electron chi connectivity index (χ1n) is 5.78. The van der Waals surface area contributed by atoms with Gasteiger partial charge < -0.3 is 5.73 Å². The van der Waals surface area contributed by atoms with E-state index in [1.165, 1.54) is 6.07 Å². The van der Waals surface area contributed by atoms with E-state index in [9.17, 15) is 4.39 Å². The average molecular weight is 391 g/mol. The fraction of sp³-hybridized carbons (Fsp3) is 0.308. The zero-order valence-corrected chi connectivity index (χ0v) is 13.8.